The maximum Gasteiger partial charge on any atom is 0.351 e. The first kappa shape index (κ1) is 19.5. The van der Waals surface area contributed by atoms with E-state index < -0.39 is 0 Å². The largest absolute Gasteiger partial charge is 0.370 e. The lowest BCUT2D eigenvalue weighted by molar-refractivity contribution is -0.0379. The maximum atomic E-state index is 12.8. The van der Waals surface area contributed by atoms with Crippen molar-refractivity contribution in [2.75, 3.05) is 4.93 Å². The Hall–Kier alpha value is -1.85. The highest BCUT2D eigenvalue weighted by Crippen LogP contribution is 2.39. The van der Waals surface area contributed by atoms with E-state index in [2.05, 4.69) is 46.5 Å². The molecule has 0 radical (unpaired) electrons. The fraction of sp³-hybridized carbons (Fsp3) is 0.368. The van der Waals surface area contributed by atoms with E-state index in [-0.39, 0.29) is 11.3 Å². The minimum Gasteiger partial charge on any atom is -0.370 e. The van der Waals surface area contributed by atoms with Gasteiger partial charge in [0.05, 0.1) is 17.6 Å². The molecule has 0 aromatic carbocycles. The molecule has 0 bridgehead atoms. The standard InChI is InChI=1S/C18H17N5O2S.CH3I/c1-18(2)7-11-12(9-25-18)26-16-13(11)15-20-14(10-5-4-6-19-8-10)21-23(15)17(24)22(16)3;1-2/h4-6,8H,7,9H2,1-3H3;1H3. The molecule has 5 heterocycles. The molecule has 0 fully saturated rings. The van der Waals surface area contributed by atoms with Gasteiger partial charge < -0.3 is 4.74 Å². The molecule has 4 aromatic rings. The predicted molar refractivity (Wildman–Crippen MR) is 119 cm³/mol. The van der Waals surface area contributed by atoms with Crippen LogP contribution in [0.15, 0.2) is 29.3 Å². The van der Waals surface area contributed by atoms with Crippen LogP contribution in [0.25, 0.3) is 27.3 Å². The molecule has 7 nitrogen and oxygen atoms in total. The highest BCUT2D eigenvalue weighted by Gasteiger charge is 2.31. The molecule has 9 heteroatoms. The molecule has 0 saturated heterocycles. The molecule has 1 aliphatic heterocycles. The van der Waals surface area contributed by atoms with Crippen LogP contribution in [-0.4, -0.2) is 34.7 Å². The Morgan fingerprint density at radius 2 is 2.11 bits per heavy atom. The molecule has 4 aromatic heterocycles. The van der Waals surface area contributed by atoms with Crippen LogP contribution in [0.3, 0.4) is 0 Å². The minimum absolute atomic E-state index is 0.200. The molecule has 28 heavy (non-hydrogen) atoms. The van der Waals surface area contributed by atoms with Crippen LogP contribution in [0.1, 0.15) is 24.3 Å². The number of halogens is 1. The number of ether oxygens (including phenoxy) is 1. The first-order chi connectivity index (χ1) is 13.4. The number of thiophene rings is 1. The molecule has 0 aliphatic carbocycles. The predicted octanol–water partition coefficient (Wildman–Crippen LogP) is 3.61. The van der Waals surface area contributed by atoms with E-state index in [4.69, 9.17) is 9.72 Å². The summed E-state index contributed by atoms with van der Waals surface area (Å²) < 4.78 is 9.01. The lowest BCUT2D eigenvalue weighted by atomic mass is 9.94. The summed E-state index contributed by atoms with van der Waals surface area (Å²) in [5, 5.41) is 5.47. The zero-order valence-electron chi connectivity index (χ0n) is 16.1. The Balaban J connectivity index is 0.000000932. The third-order valence-electron chi connectivity index (χ3n) is 4.79. The van der Waals surface area contributed by atoms with E-state index in [0.29, 0.717) is 18.1 Å². The van der Waals surface area contributed by atoms with E-state index >= 15 is 0 Å². The second kappa shape index (κ2) is 7.20. The Labute approximate surface area is 179 Å². The Bertz CT molecular complexity index is 1230. The number of rotatable bonds is 1. The topological polar surface area (TPSA) is 74.3 Å². The minimum atomic E-state index is -0.237. The summed E-state index contributed by atoms with van der Waals surface area (Å²) >= 11 is 3.76. The average Bonchev–Trinajstić information content (AvgIpc) is 3.29. The van der Waals surface area contributed by atoms with Gasteiger partial charge in [-0.3, -0.25) is 9.55 Å². The number of hydrogen-bond acceptors (Lipinski definition) is 6. The summed E-state index contributed by atoms with van der Waals surface area (Å²) in [5.41, 5.74) is 2.18. The van der Waals surface area contributed by atoms with Crippen molar-refractivity contribution in [3.63, 3.8) is 0 Å². The highest BCUT2D eigenvalue weighted by molar-refractivity contribution is 14.1. The van der Waals surface area contributed by atoms with E-state index in [1.165, 1.54) is 10.1 Å². The van der Waals surface area contributed by atoms with Crippen LogP contribution < -0.4 is 5.69 Å². The molecule has 0 saturated carbocycles. The van der Waals surface area contributed by atoms with Gasteiger partial charge in [-0.15, -0.1) is 16.4 Å². The Morgan fingerprint density at radius 1 is 1.32 bits per heavy atom. The van der Waals surface area contributed by atoms with Crippen LogP contribution >= 0.6 is 33.9 Å². The van der Waals surface area contributed by atoms with Gasteiger partial charge in [0.1, 0.15) is 4.83 Å². The number of alkyl halides is 1. The van der Waals surface area contributed by atoms with Crippen molar-refractivity contribution in [3.8, 4) is 11.4 Å². The summed E-state index contributed by atoms with van der Waals surface area (Å²) in [6, 6.07) is 3.73. The monoisotopic (exact) mass is 509 g/mol. The first-order valence-electron chi connectivity index (χ1n) is 8.77. The van der Waals surface area contributed by atoms with E-state index in [9.17, 15) is 4.79 Å². The number of pyridine rings is 1. The highest BCUT2D eigenvalue weighted by atomic mass is 127. The molecule has 0 atom stereocenters. The summed E-state index contributed by atoms with van der Waals surface area (Å²) in [7, 11) is 1.78. The second-order valence-electron chi connectivity index (χ2n) is 7.16. The second-order valence-corrected chi connectivity index (χ2v) is 8.25. The molecule has 0 spiro atoms. The van der Waals surface area contributed by atoms with Crippen LogP contribution in [0, 0.1) is 0 Å². The number of fused-ring (bicyclic) bond motifs is 5. The molecule has 0 unspecified atom stereocenters. The Kier molecular flexibility index (Phi) is 5.00. The van der Waals surface area contributed by atoms with Gasteiger partial charge in [-0.2, -0.15) is 4.52 Å². The zero-order valence-corrected chi connectivity index (χ0v) is 19.0. The lowest BCUT2D eigenvalue weighted by Gasteiger charge is -2.30. The number of aryl methyl sites for hydroxylation is 1. The van der Waals surface area contributed by atoms with Crippen molar-refractivity contribution in [1.29, 1.82) is 0 Å². The van der Waals surface area contributed by atoms with Crippen molar-refractivity contribution in [2.45, 2.75) is 32.5 Å². The third-order valence-corrected chi connectivity index (χ3v) is 6.07. The van der Waals surface area contributed by atoms with Gasteiger partial charge in [0, 0.05) is 36.3 Å². The summed E-state index contributed by atoms with van der Waals surface area (Å²) in [6.45, 7) is 4.73. The fourth-order valence-corrected chi connectivity index (χ4v) is 4.64. The van der Waals surface area contributed by atoms with Crippen molar-refractivity contribution < 1.29 is 4.74 Å². The van der Waals surface area contributed by atoms with Crippen LogP contribution in [0.5, 0.6) is 0 Å². The fourth-order valence-electron chi connectivity index (χ4n) is 3.46. The van der Waals surface area contributed by atoms with Gasteiger partial charge in [0.25, 0.3) is 0 Å². The van der Waals surface area contributed by atoms with Gasteiger partial charge in [-0.05, 0) is 36.5 Å². The van der Waals surface area contributed by atoms with Gasteiger partial charge in [0.2, 0.25) is 0 Å². The summed E-state index contributed by atoms with van der Waals surface area (Å²) in [4.78, 5) is 25.7. The van der Waals surface area contributed by atoms with E-state index in [1.807, 2.05) is 17.1 Å². The lowest BCUT2D eigenvalue weighted by Crippen LogP contribution is -2.31. The maximum absolute atomic E-state index is 12.8. The van der Waals surface area contributed by atoms with Crippen molar-refractivity contribution in [2.24, 2.45) is 7.05 Å². The van der Waals surface area contributed by atoms with Crippen LogP contribution in [0.4, 0.5) is 0 Å². The smallest absolute Gasteiger partial charge is 0.351 e. The summed E-state index contributed by atoms with van der Waals surface area (Å²) in [6.07, 6.45) is 4.19. The van der Waals surface area contributed by atoms with Crippen molar-refractivity contribution >= 4 is 49.8 Å². The Morgan fingerprint density at radius 3 is 2.82 bits per heavy atom. The molecule has 146 valence electrons. The molecule has 5 rings (SSSR count). The van der Waals surface area contributed by atoms with Gasteiger partial charge >= 0.3 is 5.69 Å². The number of hydrogen-bond donors (Lipinski definition) is 0. The van der Waals surface area contributed by atoms with E-state index in [0.717, 1.165) is 27.1 Å². The molecule has 0 amide bonds. The first-order valence-corrected chi connectivity index (χ1v) is 11.7. The molecule has 0 N–H and O–H groups in total. The molecule has 1 aliphatic rings. The number of nitrogens with zero attached hydrogens (tertiary/aromatic N) is 5. The van der Waals surface area contributed by atoms with Gasteiger partial charge in [0.15, 0.2) is 11.5 Å². The van der Waals surface area contributed by atoms with Gasteiger partial charge in [-0.1, -0.05) is 22.6 Å². The van der Waals surface area contributed by atoms with Crippen molar-refractivity contribution in [3.05, 3.63) is 45.5 Å². The zero-order chi connectivity index (χ0) is 20.1. The summed E-state index contributed by atoms with van der Waals surface area (Å²) in [5.74, 6) is 0.508. The van der Waals surface area contributed by atoms with Crippen LogP contribution in [0.2, 0.25) is 0 Å². The third kappa shape index (κ3) is 3.05. The quantitative estimate of drug-likeness (QED) is 0.290. The van der Waals surface area contributed by atoms with E-state index in [1.54, 1.807) is 35.3 Å². The normalized spacial score (nSPS) is 15.3. The van der Waals surface area contributed by atoms with Crippen LogP contribution in [-0.2, 0) is 24.8 Å². The van der Waals surface area contributed by atoms with Gasteiger partial charge in [-0.25, -0.2) is 9.78 Å². The van der Waals surface area contributed by atoms with Crippen molar-refractivity contribution in [1.82, 2.24) is 24.1 Å². The molecular formula is C19H20IN5O2S. The number of aromatic nitrogens is 5. The molecular weight excluding hydrogens is 489 g/mol. The SMILES string of the molecule is CI.Cn1c(=O)n2nc(-c3cccnc3)nc2c2c3c(sc21)COC(C)(C)C3. The average molecular weight is 509 g/mol.